The van der Waals surface area contributed by atoms with Crippen molar-refractivity contribution < 1.29 is 19.3 Å². The summed E-state index contributed by atoms with van der Waals surface area (Å²) in [5, 5.41) is 13.7. The van der Waals surface area contributed by atoms with Gasteiger partial charge >= 0.3 is 0 Å². The molecule has 0 aliphatic heterocycles. The number of benzene rings is 3. The molecule has 3 aromatic rings. The van der Waals surface area contributed by atoms with Crippen LogP contribution in [-0.2, 0) is 13.0 Å². The number of nitrogens with one attached hydrogen (secondary N) is 1. The maximum absolute atomic E-state index is 10.4. The second-order valence-corrected chi connectivity index (χ2v) is 7.00. The van der Waals surface area contributed by atoms with E-state index in [1.807, 2.05) is 72.8 Å². The van der Waals surface area contributed by atoms with E-state index < -0.39 is 6.10 Å². The Morgan fingerprint density at radius 2 is 1.55 bits per heavy atom. The zero-order valence-corrected chi connectivity index (χ0v) is 18.7. The van der Waals surface area contributed by atoms with E-state index in [1.165, 1.54) is 0 Å². The zero-order chi connectivity index (χ0) is 21.2. The maximum atomic E-state index is 10.4. The summed E-state index contributed by atoms with van der Waals surface area (Å²) in [5.41, 5.74) is 3.13. The molecule has 2 N–H and O–H groups in total. The number of aliphatic hydroxyl groups excluding tert-OH is 1. The Hall–Kier alpha value is -2.73. The Morgan fingerprint density at radius 3 is 2.23 bits per heavy atom. The molecule has 0 heterocycles. The second kappa shape index (κ2) is 12.8. The molecule has 0 saturated heterocycles. The first kappa shape index (κ1) is 24.5. The average molecular weight is 444 g/mol. The van der Waals surface area contributed by atoms with Crippen molar-refractivity contribution in [2.75, 3.05) is 27.3 Å². The SMILES string of the molecule is COc1ccc(CCNC[C@H](O)c2ccc(OCc3ccccc3)cc2)cc1OC.Cl. The van der Waals surface area contributed by atoms with Gasteiger partial charge in [-0.2, -0.15) is 0 Å². The van der Waals surface area contributed by atoms with Crippen molar-refractivity contribution in [3.05, 3.63) is 89.5 Å². The molecule has 0 amide bonds. The molecular weight excluding hydrogens is 414 g/mol. The second-order valence-electron chi connectivity index (χ2n) is 7.00. The number of rotatable bonds is 11. The van der Waals surface area contributed by atoms with Gasteiger partial charge in [-0.05, 0) is 53.9 Å². The Labute approximate surface area is 190 Å². The van der Waals surface area contributed by atoms with Crippen molar-refractivity contribution >= 4 is 12.4 Å². The number of halogens is 1. The van der Waals surface area contributed by atoms with Crippen molar-refractivity contribution in [2.45, 2.75) is 19.1 Å². The molecule has 3 rings (SSSR count). The minimum Gasteiger partial charge on any atom is -0.493 e. The quantitative estimate of drug-likeness (QED) is 0.425. The molecule has 0 aliphatic rings. The number of hydrogen-bond acceptors (Lipinski definition) is 5. The molecule has 0 spiro atoms. The van der Waals surface area contributed by atoms with Crippen LogP contribution in [0.3, 0.4) is 0 Å². The summed E-state index contributed by atoms with van der Waals surface area (Å²) in [4.78, 5) is 0. The highest BCUT2D eigenvalue weighted by Crippen LogP contribution is 2.27. The molecule has 0 unspecified atom stereocenters. The highest BCUT2D eigenvalue weighted by atomic mass is 35.5. The third-order valence-electron chi connectivity index (χ3n) is 4.89. The van der Waals surface area contributed by atoms with Crippen molar-refractivity contribution in [3.8, 4) is 17.2 Å². The van der Waals surface area contributed by atoms with Gasteiger partial charge in [-0.3, -0.25) is 0 Å². The van der Waals surface area contributed by atoms with Crippen molar-refractivity contribution in [1.29, 1.82) is 0 Å². The summed E-state index contributed by atoms with van der Waals surface area (Å²) in [6.07, 6.45) is 0.262. The van der Waals surface area contributed by atoms with E-state index in [1.54, 1.807) is 14.2 Å². The van der Waals surface area contributed by atoms with Crippen LogP contribution in [0, 0.1) is 0 Å². The lowest BCUT2D eigenvalue weighted by Crippen LogP contribution is -2.23. The largest absolute Gasteiger partial charge is 0.493 e. The van der Waals surface area contributed by atoms with E-state index in [4.69, 9.17) is 14.2 Å². The predicted molar refractivity (Wildman–Crippen MR) is 126 cm³/mol. The lowest BCUT2D eigenvalue weighted by atomic mass is 10.1. The Balaban J connectivity index is 0.00000341. The van der Waals surface area contributed by atoms with E-state index in [0.717, 1.165) is 46.9 Å². The van der Waals surface area contributed by atoms with Gasteiger partial charge in [0.15, 0.2) is 11.5 Å². The molecule has 5 nitrogen and oxygen atoms in total. The number of ether oxygens (including phenoxy) is 3. The predicted octanol–water partition coefficient (Wildman–Crippen LogP) is 4.57. The van der Waals surface area contributed by atoms with E-state index in [9.17, 15) is 5.11 Å². The van der Waals surface area contributed by atoms with E-state index >= 15 is 0 Å². The summed E-state index contributed by atoms with van der Waals surface area (Å²) in [7, 11) is 3.26. The van der Waals surface area contributed by atoms with Crippen LogP contribution in [0.15, 0.2) is 72.8 Å². The third kappa shape index (κ3) is 7.47. The first-order valence-corrected chi connectivity index (χ1v) is 10.1. The van der Waals surface area contributed by atoms with Crippen molar-refractivity contribution in [3.63, 3.8) is 0 Å². The summed E-state index contributed by atoms with van der Waals surface area (Å²) < 4.78 is 16.4. The van der Waals surface area contributed by atoms with E-state index in [0.29, 0.717) is 13.2 Å². The average Bonchev–Trinajstić information content (AvgIpc) is 2.81. The fraction of sp³-hybridized carbons (Fsp3) is 0.280. The van der Waals surface area contributed by atoms with Gasteiger partial charge < -0.3 is 24.6 Å². The van der Waals surface area contributed by atoms with E-state index in [2.05, 4.69) is 5.32 Å². The molecule has 166 valence electrons. The maximum Gasteiger partial charge on any atom is 0.160 e. The van der Waals surface area contributed by atoms with Crippen LogP contribution < -0.4 is 19.5 Å². The van der Waals surface area contributed by atoms with Gasteiger partial charge in [0.05, 0.1) is 20.3 Å². The van der Waals surface area contributed by atoms with Crippen LogP contribution in [0.1, 0.15) is 22.8 Å². The van der Waals surface area contributed by atoms with Gasteiger partial charge in [0, 0.05) is 6.54 Å². The Morgan fingerprint density at radius 1 is 0.839 bits per heavy atom. The molecule has 0 radical (unpaired) electrons. The first-order chi connectivity index (χ1) is 14.7. The van der Waals surface area contributed by atoms with E-state index in [-0.39, 0.29) is 12.4 Å². The minimum absolute atomic E-state index is 0. The van der Waals surface area contributed by atoms with Gasteiger partial charge in [0.1, 0.15) is 12.4 Å². The number of hydrogen-bond donors (Lipinski definition) is 2. The van der Waals surface area contributed by atoms with Gasteiger partial charge in [0.2, 0.25) is 0 Å². The van der Waals surface area contributed by atoms with Gasteiger partial charge in [0.25, 0.3) is 0 Å². The summed E-state index contributed by atoms with van der Waals surface area (Å²) in [6.45, 7) is 1.77. The summed E-state index contributed by atoms with van der Waals surface area (Å²) >= 11 is 0. The van der Waals surface area contributed by atoms with Crippen LogP contribution in [0.4, 0.5) is 0 Å². The molecule has 6 heteroatoms. The standard InChI is InChI=1S/C25H29NO4.ClH/c1-28-24-13-8-19(16-25(24)29-2)14-15-26-17-23(27)21-9-11-22(12-10-21)30-18-20-6-4-3-5-7-20;/h3-13,16,23,26-27H,14-15,17-18H2,1-2H3;1H/t23-;/m0./s1. The molecule has 31 heavy (non-hydrogen) atoms. The highest BCUT2D eigenvalue weighted by Gasteiger charge is 2.08. The molecular formula is C25H30ClNO4. The number of methoxy groups -OCH3 is 2. The van der Waals surface area contributed by atoms with Crippen LogP contribution in [0.25, 0.3) is 0 Å². The lowest BCUT2D eigenvalue weighted by molar-refractivity contribution is 0.175. The van der Waals surface area contributed by atoms with Gasteiger partial charge in [-0.1, -0.05) is 48.5 Å². The van der Waals surface area contributed by atoms with Gasteiger partial charge in [-0.25, -0.2) is 0 Å². The molecule has 3 aromatic carbocycles. The van der Waals surface area contributed by atoms with Crippen LogP contribution in [0.5, 0.6) is 17.2 Å². The fourth-order valence-corrected chi connectivity index (χ4v) is 3.15. The molecule has 0 saturated carbocycles. The topological polar surface area (TPSA) is 60.0 Å². The fourth-order valence-electron chi connectivity index (χ4n) is 3.15. The van der Waals surface area contributed by atoms with Crippen LogP contribution >= 0.6 is 12.4 Å². The number of aliphatic hydroxyl groups is 1. The molecule has 0 aromatic heterocycles. The Kier molecular flexibility index (Phi) is 10.2. The van der Waals surface area contributed by atoms with Crippen LogP contribution in [0.2, 0.25) is 0 Å². The molecule has 0 bridgehead atoms. The monoisotopic (exact) mass is 443 g/mol. The molecule has 0 aliphatic carbocycles. The van der Waals surface area contributed by atoms with Gasteiger partial charge in [-0.15, -0.1) is 12.4 Å². The van der Waals surface area contributed by atoms with Crippen molar-refractivity contribution in [1.82, 2.24) is 5.32 Å². The smallest absolute Gasteiger partial charge is 0.160 e. The molecule has 0 fully saturated rings. The highest BCUT2D eigenvalue weighted by molar-refractivity contribution is 5.85. The third-order valence-corrected chi connectivity index (χ3v) is 4.89. The van der Waals surface area contributed by atoms with Crippen molar-refractivity contribution in [2.24, 2.45) is 0 Å². The van der Waals surface area contributed by atoms with Crippen LogP contribution in [-0.4, -0.2) is 32.4 Å². The summed E-state index contributed by atoms with van der Waals surface area (Å²) in [5.74, 6) is 2.24. The Bertz CT molecular complexity index is 903. The zero-order valence-electron chi connectivity index (χ0n) is 17.9. The first-order valence-electron chi connectivity index (χ1n) is 10.1. The lowest BCUT2D eigenvalue weighted by Gasteiger charge is -2.14. The summed E-state index contributed by atoms with van der Waals surface area (Å²) in [6, 6.07) is 23.5. The normalized spacial score (nSPS) is 11.3. The molecule has 1 atom stereocenters. The minimum atomic E-state index is -0.571.